The highest BCUT2D eigenvalue weighted by atomic mass is 16.5. The average molecular weight is 362 g/mol. The number of ether oxygens (including phenoxy) is 3. The summed E-state index contributed by atoms with van der Waals surface area (Å²) in [4.78, 5) is 12.6. The molecule has 1 N–H and O–H groups in total. The summed E-state index contributed by atoms with van der Waals surface area (Å²) >= 11 is 0. The predicted octanol–water partition coefficient (Wildman–Crippen LogP) is 4.18. The molecule has 2 rings (SSSR count). The van der Waals surface area contributed by atoms with Gasteiger partial charge in [-0.2, -0.15) is 5.10 Å². The Balaban J connectivity index is 2.23. The van der Waals surface area contributed by atoms with E-state index in [9.17, 15) is 4.79 Å². The number of benzene rings is 1. The number of amides is 1. The first-order chi connectivity index (χ1) is 12.6. The van der Waals surface area contributed by atoms with Gasteiger partial charge in [-0.1, -0.05) is 6.92 Å². The molecule has 1 aliphatic rings. The first kappa shape index (κ1) is 20.1. The van der Waals surface area contributed by atoms with E-state index < -0.39 is 0 Å². The number of hydrogen-bond acceptors (Lipinski definition) is 5. The van der Waals surface area contributed by atoms with Crippen molar-refractivity contribution < 1.29 is 19.0 Å². The van der Waals surface area contributed by atoms with Crippen molar-refractivity contribution in [2.45, 2.75) is 53.4 Å². The second kappa shape index (κ2) is 10.0. The van der Waals surface area contributed by atoms with Crippen molar-refractivity contribution in [2.75, 3.05) is 19.8 Å². The summed E-state index contributed by atoms with van der Waals surface area (Å²) in [7, 11) is 0. The van der Waals surface area contributed by atoms with Crippen molar-refractivity contribution in [1.82, 2.24) is 5.43 Å². The molecule has 0 radical (unpaired) electrons. The van der Waals surface area contributed by atoms with Crippen molar-refractivity contribution in [3.8, 4) is 17.2 Å². The third-order valence-corrected chi connectivity index (χ3v) is 4.23. The Kier molecular flexibility index (Phi) is 7.75. The van der Waals surface area contributed by atoms with Crippen molar-refractivity contribution in [3.05, 3.63) is 17.7 Å². The molecule has 1 saturated carbocycles. The zero-order chi connectivity index (χ0) is 18.9. The van der Waals surface area contributed by atoms with E-state index in [-0.39, 0.29) is 5.91 Å². The second-order valence-corrected chi connectivity index (χ2v) is 6.42. The van der Waals surface area contributed by atoms with Gasteiger partial charge in [-0.15, -0.1) is 0 Å². The van der Waals surface area contributed by atoms with E-state index in [2.05, 4.69) is 17.5 Å². The monoisotopic (exact) mass is 362 g/mol. The summed E-state index contributed by atoms with van der Waals surface area (Å²) in [5.74, 6) is 1.88. The van der Waals surface area contributed by atoms with E-state index in [0.29, 0.717) is 48.6 Å². The number of nitrogens with one attached hydrogen (secondary N) is 1. The smallest absolute Gasteiger partial charge is 0.271 e. The molecule has 0 saturated heterocycles. The van der Waals surface area contributed by atoms with Crippen LogP contribution in [0.25, 0.3) is 0 Å². The van der Waals surface area contributed by atoms with Gasteiger partial charge in [0.25, 0.3) is 5.91 Å². The molecule has 1 aliphatic carbocycles. The van der Waals surface area contributed by atoms with Crippen LogP contribution in [0, 0.1) is 5.92 Å². The van der Waals surface area contributed by atoms with Crippen molar-refractivity contribution in [2.24, 2.45) is 11.0 Å². The van der Waals surface area contributed by atoms with Crippen molar-refractivity contribution in [1.29, 1.82) is 0 Å². The lowest BCUT2D eigenvalue weighted by Gasteiger charge is -2.19. The van der Waals surface area contributed by atoms with Crippen LogP contribution in [-0.4, -0.2) is 31.4 Å². The summed E-state index contributed by atoms with van der Waals surface area (Å²) in [6.45, 7) is 9.31. The third-order valence-electron chi connectivity index (χ3n) is 4.23. The van der Waals surface area contributed by atoms with E-state index in [1.807, 2.05) is 20.8 Å². The summed E-state index contributed by atoms with van der Waals surface area (Å²) in [5.41, 5.74) is 4.17. The van der Waals surface area contributed by atoms with Crippen LogP contribution in [0.4, 0.5) is 0 Å². The molecule has 26 heavy (non-hydrogen) atoms. The maximum Gasteiger partial charge on any atom is 0.271 e. The van der Waals surface area contributed by atoms with Crippen LogP contribution < -0.4 is 19.6 Å². The molecule has 6 heteroatoms. The summed E-state index contributed by atoms with van der Waals surface area (Å²) in [6.07, 6.45) is 4.24. The first-order valence-corrected chi connectivity index (χ1v) is 9.51. The van der Waals surface area contributed by atoms with E-state index in [1.165, 1.54) is 6.42 Å². The molecule has 1 fully saturated rings. The predicted molar refractivity (Wildman–Crippen MR) is 102 cm³/mol. The van der Waals surface area contributed by atoms with Crippen LogP contribution in [-0.2, 0) is 0 Å². The largest absolute Gasteiger partial charge is 0.490 e. The first-order valence-electron chi connectivity index (χ1n) is 9.51. The summed E-state index contributed by atoms with van der Waals surface area (Å²) in [6, 6.07) is 3.35. The van der Waals surface area contributed by atoms with E-state index in [1.54, 1.807) is 12.1 Å². The van der Waals surface area contributed by atoms with E-state index >= 15 is 0 Å². The summed E-state index contributed by atoms with van der Waals surface area (Å²) in [5, 5.41) is 4.32. The zero-order valence-electron chi connectivity index (χ0n) is 16.3. The van der Waals surface area contributed by atoms with Gasteiger partial charge in [0.05, 0.1) is 19.8 Å². The maximum absolute atomic E-state index is 12.6. The number of hydrogen-bond donors (Lipinski definition) is 1. The van der Waals surface area contributed by atoms with Gasteiger partial charge < -0.3 is 14.2 Å². The summed E-state index contributed by atoms with van der Waals surface area (Å²) < 4.78 is 17.0. The SMILES string of the molecule is CCOc1cc(C(=O)NN=C2CCCC(C)C2)cc(OCC)c1OCC. The Bertz CT molecular complexity index is 616. The Labute approximate surface area is 155 Å². The molecule has 1 unspecified atom stereocenters. The molecule has 0 aliphatic heterocycles. The van der Waals surface area contributed by atoms with Crippen LogP contribution in [0.5, 0.6) is 17.2 Å². The minimum Gasteiger partial charge on any atom is -0.490 e. The minimum absolute atomic E-state index is 0.277. The molecular formula is C20H30N2O4. The van der Waals surface area contributed by atoms with Gasteiger partial charge in [-0.3, -0.25) is 4.79 Å². The highest BCUT2D eigenvalue weighted by Gasteiger charge is 2.19. The van der Waals surface area contributed by atoms with Gasteiger partial charge in [0.2, 0.25) is 5.75 Å². The molecular weight excluding hydrogens is 332 g/mol. The standard InChI is InChI=1S/C20H30N2O4/c1-5-24-17-12-15(13-18(25-6-2)19(17)26-7-3)20(23)22-21-16-10-8-9-14(4)11-16/h12-14H,5-11H2,1-4H3,(H,22,23). The average Bonchev–Trinajstić information content (AvgIpc) is 2.62. The number of carbonyl (C=O) groups is 1. The van der Waals surface area contributed by atoms with E-state index in [4.69, 9.17) is 14.2 Å². The fourth-order valence-corrected chi connectivity index (χ4v) is 3.08. The van der Waals surface area contributed by atoms with E-state index in [0.717, 1.165) is 25.0 Å². The maximum atomic E-state index is 12.6. The highest BCUT2D eigenvalue weighted by molar-refractivity contribution is 5.96. The second-order valence-electron chi connectivity index (χ2n) is 6.42. The molecule has 0 heterocycles. The lowest BCUT2D eigenvalue weighted by Crippen LogP contribution is -2.22. The topological polar surface area (TPSA) is 69.2 Å². The third kappa shape index (κ3) is 5.38. The number of rotatable bonds is 8. The molecule has 1 atom stereocenters. The molecule has 1 amide bonds. The van der Waals surface area contributed by atoms with Crippen molar-refractivity contribution in [3.63, 3.8) is 0 Å². The lowest BCUT2D eigenvalue weighted by molar-refractivity contribution is 0.0953. The van der Waals surface area contributed by atoms with Crippen molar-refractivity contribution >= 4 is 11.6 Å². The number of carbonyl (C=O) groups excluding carboxylic acids is 1. The fraction of sp³-hybridized carbons (Fsp3) is 0.600. The Hall–Kier alpha value is -2.24. The molecule has 0 bridgehead atoms. The van der Waals surface area contributed by atoms with Gasteiger partial charge in [0.1, 0.15) is 0 Å². The minimum atomic E-state index is -0.277. The Morgan fingerprint density at radius 2 is 1.73 bits per heavy atom. The quantitative estimate of drug-likeness (QED) is 0.705. The lowest BCUT2D eigenvalue weighted by atomic mass is 9.89. The van der Waals surface area contributed by atoms with Gasteiger partial charge in [0, 0.05) is 11.3 Å². The molecule has 144 valence electrons. The highest BCUT2D eigenvalue weighted by Crippen LogP contribution is 2.39. The molecule has 0 spiro atoms. The molecule has 1 aromatic rings. The van der Waals surface area contributed by atoms with Crippen LogP contribution in [0.1, 0.15) is 63.7 Å². The zero-order valence-corrected chi connectivity index (χ0v) is 16.3. The molecule has 6 nitrogen and oxygen atoms in total. The van der Waals surface area contributed by atoms with Gasteiger partial charge >= 0.3 is 0 Å². The van der Waals surface area contributed by atoms with Gasteiger partial charge in [0.15, 0.2) is 11.5 Å². The Morgan fingerprint density at radius 1 is 1.12 bits per heavy atom. The van der Waals surface area contributed by atoms with Gasteiger partial charge in [-0.25, -0.2) is 5.43 Å². The van der Waals surface area contributed by atoms with Gasteiger partial charge in [-0.05, 0) is 64.5 Å². The van der Waals surface area contributed by atoms with Crippen LogP contribution in [0.3, 0.4) is 0 Å². The van der Waals surface area contributed by atoms with Crippen LogP contribution in [0.15, 0.2) is 17.2 Å². The molecule has 0 aromatic heterocycles. The number of hydrazone groups is 1. The van der Waals surface area contributed by atoms with Crippen LogP contribution in [0.2, 0.25) is 0 Å². The number of nitrogens with zero attached hydrogens (tertiary/aromatic N) is 1. The normalized spacial score (nSPS) is 18.5. The Morgan fingerprint density at radius 3 is 2.27 bits per heavy atom. The fourth-order valence-electron chi connectivity index (χ4n) is 3.08. The molecule has 1 aromatic carbocycles. The van der Waals surface area contributed by atoms with Crippen LogP contribution >= 0.6 is 0 Å².